The molecule has 0 N–H and O–H groups in total. The van der Waals surface area contributed by atoms with E-state index >= 15 is 0 Å². The summed E-state index contributed by atoms with van der Waals surface area (Å²) in [5, 5.41) is 0. The molecule has 1 atom stereocenters. The molecule has 0 aliphatic carbocycles. The first-order valence-corrected chi connectivity index (χ1v) is 8.44. The molecule has 0 unspecified atom stereocenters. The monoisotopic (exact) mass is 307 g/mol. The van der Waals surface area contributed by atoms with Crippen molar-refractivity contribution < 1.29 is 27.9 Å². The molecule has 0 aromatic heterocycles. The van der Waals surface area contributed by atoms with Crippen molar-refractivity contribution in [1.82, 2.24) is 4.90 Å². The Morgan fingerprint density at radius 2 is 1.95 bits per heavy atom. The highest BCUT2D eigenvalue weighted by Crippen LogP contribution is 2.48. The van der Waals surface area contributed by atoms with Crippen LogP contribution in [-0.2, 0) is 23.1 Å². The van der Waals surface area contributed by atoms with Crippen LogP contribution in [0.5, 0.6) is 0 Å². The maximum atomic E-state index is 12.3. The molecular formula is C12H22NO6P. The van der Waals surface area contributed by atoms with Crippen LogP contribution in [-0.4, -0.2) is 48.9 Å². The van der Waals surface area contributed by atoms with Gasteiger partial charge < -0.3 is 13.8 Å². The van der Waals surface area contributed by atoms with Gasteiger partial charge in [-0.1, -0.05) is 13.8 Å². The second-order valence-corrected chi connectivity index (χ2v) is 6.81. The number of amides is 2. The van der Waals surface area contributed by atoms with Gasteiger partial charge in [0.2, 0.25) is 5.91 Å². The molecule has 1 rings (SSSR count). The summed E-state index contributed by atoms with van der Waals surface area (Å²) in [6.07, 6.45) is -1.15. The van der Waals surface area contributed by atoms with E-state index in [2.05, 4.69) is 0 Å². The largest absolute Gasteiger partial charge is 0.447 e. The molecule has 1 heterocycles. The fourth-order valence-electron chi connectivity index (χ4n) is 1.98. The molecule has 0 spiro atoms. The second-order valence-electron chi connectivity index (χ2n) is 4.76. The number of hydrogen-bond acceptors (Lipinski definition) is 6. The van der Waals surface area contributed by atoms with E-state index in [0.717, 1.165) is 4.90 Å². The van der Waals surface area contributed by atoms with Gasteiger partial charge in [0.25, 0.3) is 0 Å². The van der Waals surface area contributed by atoms with Gasteiger partial charge in [0.15, 0.2) is 0 Å². The van der Waals surface area contributed by atoms with E-state index in [4.69, 9.17) is 13.8 Å². The standard InChI is InChI=1S/C12H22NO6P/c1-5-18-20(16,19-6-2)8-11(14)13-10(9(3)4)7-17-12(13)15/h9-10H,5-8H2,1-4H3/t10-/m0/s1. The first kappa shape index (κ1) is 17.1. The van der Waals surface area contributed by atoms with E-state index in [9.17, 15) is 14.2 Å². The van der Waals surface area contributed by atoms with Crippen LogP contribution in [0.1, 0.15) is 27.7 Å². The second kappa shape index (κ2) is 7.20. The number of nitrogens with zero attached hydrogens (tertiary/aromatic N) is 1. The molecule has 1 aliphatic rings. The number of hydrogen-bond donors (Lipinski definition) is 0. The van der Waals surface area contributed by atoms with Crippen LogP contribution in [0.4, 0.5) is 4.79 Å². The highest BCUT2D eigenvalue weighted by molar-refractivity contribution is 7.54. The lowest BCUT2D eigenvalue weighted by Crippen LogP contribution is -2.43. The molecule has 1 fully saturated rings. The van der Waals surface area contributed by atoms with Crippen LogP contribution in [0.25, 0.3) is 0 Å². The first-order chi connectivity index (χ1) is 9.34. The summed E-state index contributed by atoms with van der Waals surface area (Å²) in [4.78, 5) is 24.9. The Balaban J connectivity index is 2.82. The zero-order valence-electron chi connectivity index (χ0n) is 12.3. The van der Waals surface area contributed by atoms with E-state index < -0.39 is 25.8 Å². The fraction of sp³-hybridized carbons (Fsp3) is 0.833. The number of imide groups is 1. The lowest BCUT2D eigenvalue weighted by molar-refractivity contribution is -0.127. The molecule has 0 aromatic carbocycles. The van der Waals surface area contributed by atoms with Gasteiger partial charge in [-0.15, -0.1) is 0 Å². The van der Waals surface area contributed by atoms with Crippen LogP contribution in [0.15, 0.2) is 0 Å². The predicted molar refractivity (Wildman–Crippen MR) is 72.5 cm³/mol. The van der Waals surface area contributed by atoms with Crippen LogP contribution in [0.3, 0.4) is 0 Å². The van der Waals surface area contributed by atoms with Gasteiger partial charge in [-0.3, -0.25) is 9.36 Å². The number of rotatable bonds is 7. The lowest BCUT2D eigenvalue weighted by Gasteiger charge is -2.24. The van der Waals surface area contributed by atoms with Gasteiger partial charge in [0, 0.05) is 0 Å². The quantitative estimate of drug-likeness (QED) is 0.671. The smallest absolute Gasteiger partial charge is 0.417 e. The predicted octanol–water partition coefficient (Wildman–Crippen LogP) is 2.26. The summed E-state index contributed by atoms with van der Waals surface area (Å²) in [6.45, 7) is 7.60. The van der Waals surface area contributed by atoms with Gasteiger partial charge in [0.1, 0.15) is 12.8 Å². The Morgan fingerprint density at radius 1 is 1.40 bits per heavy atom. The normalized spacial score (nSPS) is 19.6. The molecule has 0 bridgehead atoms. The van der Waals surface area contributed by atoms with Crippen molar-refractivity contribution in [2.24, 2.45) is 5.92 Å². The molecule has 0 saturated carbocycles. The molecule has 1 aliphatic heterocycles. The number of carbonyl (C=O) groups excluding carboxylic acids is 2. The maximum Gasteiger partial charge on any atom is 0.417 e. The highest BCUT2D eigenvalue weighted by atomic mass is 31.2. The van der Waals surface area contributed by atoms with E-state index in [-0.39, 0.29) is 31.8 Å². The summed E-state index contributed by atoms with van der Waals surface area (Å²) in [5.41, 5.74) is 0. The molecule has 2 amide bonds. The van der Waals surface area contributed by atoms with Crippen LogP contribution >= 0.6 is 7.60 Å². The van der Waals surface area contributed by atoms with E-state index in [0.29, 0.717) is 0 Å². The van der Waals surface area contributed by atoms with Gasteiger partial charge in [-0.2, -0.15) is 0 Å². The van der Waals surface area contributed by atoms with Crippen molar-refractivity contribution in [2.75, 3.05) is 26.0 Å². The van der Waals surface area contributed by atoms with Gasteiger partial charge in [-0.25, -0.2) is 9.69 Å². The summed E-state index contributed by atoms with van der Waals surface area (Å²) >= 11 is 0. The fourth-order valence-corrected chi connectivity index (χ4v) is 3.50. The number of carbonyl (C=O) groups is 2. The van der Waals surface area contributed by atoms with E-state index in [1.54, 1.807) is 13.8 Å². The molecule has 8 heteroatoms. The van der Waals surface area contributed by atoms with Gasteiger partial charge in [0.05, 0.1) is 19.3 Å². The summed E-state index contributed by atoms with van der Waals surface area (Å²) in [7, 11) is -3.51. The Labute approximate surface area is 119 Å². The van der Waals surface area contributed by atoms with Crippen LogP contribution in [0, 0.1) is 5.92 Å². The van der Waals surface area contributed by atoms with Crippen molar-refractivity contribution in [1.29, 1.82) is 0 Å². The average Bonchev–Trinajstić information content (AvgIpc) is 2.71. The third kappa shape index (κ3) is 4.04. The third-order valence-electron chi connectivity index (χ3n) is 2.92. The van der Waals surface area contributed by atoms with Crippen molar-refractivity contribution in [3.05, 3.63) is 0 Å². The molecule has 1 saturated heterocycles. The summed E-state index contributed by atoms with van der Waals surface area (Å²) < 4.78 is 27.3. The minimum Gasteiger partial charge on any atom is -0.447 e. The van der Waals surface area contributed by atoms with Crippen molar-refractivity contribution in [2.45, 2.75) is 33.7 Å². The average molecular weight is 307 g/mol. The Kier molecular flexibility index (Phi) is 6.17. The summed E-state index contributed by atoms with van der Waals surface area (Å²) in [6, 6.07) is -0.341. The Hall–Kier alpha value is -0.910. The van der Waals surface area contributed by atoms with Gasteiger partial charge >= 0.3 is 13.7 Å². The number of ether oxygens (including phenoxy) is 1. The Bertz CT molecular complexity index is 401. The maximum absolute atomic E-state index is 12.3. The van der Waals surface area contributed by atoms with Crippen molar-refractivity contribution >= 4 is 19.6 Å². The van der Waals surface area contributed by atoms with Gasteiger partial charge in [-0.05, 0) is 19.8 Å². The first-order valence-electron chi connectivity index (χ1n) is 6.71. The molecule has 0 radical (unpaired) electrons. The highest BCUT2D eigenvalue weighted by Gasteiger charge is 2.42. The Morgan fingerprint density at radius 3 is 2.40 bits per heavy atom. The zero-order chi connectivity index (χ0) is 15.3. The molecule has 0 aromatic rings. The minimum absolute atomic E-state index is 0.0592. The molecule has 7 nitrogen and oxygen atoms in total. The van der Waals surface area contributed by atoms with Crippen molar-refractivity contribution in [3.8, 4) is 0 Å². The van der Waals surface area contributed by atoms with E-state index in [1.807, 2.05) is 13.8 Å². The topological polar surface area (TPSA) is 82.1 Å². The van der Waals surface area contributed by atoms with Crippen LogP contribution in [0.2, 0.25) is 0 Å². The minimum atomic E-state index is -3.51. The van der Waals surface area contributed by atoms with Crippen molar-refractivity contribution in [3.63, 3.8) is 0 Å². The molecule has 20 heavy (non-hydrogen) atoms. The summed E-state index contributed by atoms with van der Waals surface area (Å²) in [5.74, 6) is -0.527. The number of cyclic esters (lactones) is 1. The molecular weight excluding hydrogens is 285 g/mol. The zero-order valence-corrected chi connectivity index (χ0v) is 13.2. The third-order valence-corrected chi connectivity index (χ3v) is 4.89. The lowest BCUT2D eigenvalue weighted by atomic mass is 10.0. The molecule has 116 valence electrons. The SMILES string of the molecule is CCOP(=O)(CC(=O)N1C(=O)OC[C@H]1C(C)C)OCC. The van der Waals surface area contributed by atoms with E-state index in [1.165, 1.54) is 0 Å². The van der Waals surface area contributed by atoms with Crippen LogP contribution < -0.4 is 0 Å².